The van der Waals surface area contributed by atoms with Gasteiger partial charge in [-0.05, 0) is 50.7 Å². The Morgan fingerprint density at radius 3 is 2.43 bits per heavy atom. The Morgan fingerprint density at radius 2 is 1.87 bits per heavy atom. The van der Waals surface area contributed by atoms with Gasteiger partial charge in [-0.1, -0.05) is 25.7 Å². The number of hydrogen-bond donors (Lipinski definition) is 1. The summed E-state index contributed by atoms with van der Waals surface area (Å²) in [6, 6.07) is 3.96. The van der Waals surface area contributed by atoms with Crippen molar-refractivity contribution in [3.05, 3.63) is 29.1 Å². The molecular formula is C19H23NO3. The summed E-state index contributed by atoms with van der Waals surface area (Å²) >= 11 is 0. The predicted octanol–water partition coefficient (Wildman–Crippen LogP) is 3.86. The van der Waals surface area contributed by atoms with E-state index < -0.39 is 5.54 Å². The molecule has 2 fully saturated rings. The second-order valence-electron chi connectivity index (χ2n) is 7.31. The van der Waals surface area contributed by atoms with Crippen LogP contribution in [0.25, 0.3) is 5.76 Å². The summed E-state index contributed by atoms with van der Waals surface area (Å²) in [4.78, 5) is 25.3. The number of nitrogens with zero attached hydrogens (tertiary/aromatic N) is 1. The molecule has 1 N–H and O–H groups in total. The van der Waals surface area contributed by atoms with E-state index in [-0.39, 0.29) is 22.9 Å². The average Bonchev–Trinajstić information content (AvgIpc) is 2.90. The van der Waals surface area contributed by atoms with E-state index in [0.717, 1.165) is 44.9 Å². The summed E-state index contributed by atoms with van der Waals surface area (Å²) in [5, 5.41) is 10.6. The van der Waals surface area contributed by atoms with Crippen molar-refractivity contribution in [2.45, 2.75) is 69.7 Å². The molecule has 2 heterocycles. The third-order valence-electron chi connectivity index (χ3n) is 6.02. The second-order valence-corrected chi connectivity index (χ2v) is 7.31. The molecule has 1 spiro atoms. The minimum absolute atomic E-state index is 0.0117. The SMILES string of the molecule is CC(=O)C1=C(O)c2ccc(C3CCC3)n2C2(CCCCC2)C1=O. The van der Waals surface area contributed by atoms with Gasteiger partial charge in [-0.3, -0.25) is 9.59 Å². The van der Waals surface area contributed by atoms with Crippen LogP contribution in [0.2, 0.25) is 0 Å². The predicted molar refractivity (Wildman–Crippen MR) is 87.3 cm³/mol. The summed E-state index contributed by atoms with van der Waals surface area (Å²) in [5.74, 6) is -0.118. The number of hydrogen-bond acceptors (Lipinski definition) is 3. The minimum Gasteiger partial charge on any atom is -0.505 e. The average molecular weight is 313 g/mol. The van der Waals surface area contributed by atoms with E-state index in [9.17, 15) is 14.7 Å². The smallest absolute Gasteiger partial charge is 0.196 e. The highest BCUT2D eigenvalue weighted by molar-refractivity contribution is 6.27. The third-order valence-corrected chi connectivity index (χ3v) is 6.02. The Bertz CT molecular complexity index is 715. The van der Waals surface area contributed by atoms with Crippen molar-refractivity contribution < 1.29 is 14.7 Å². The van der Waals surface area contributed by atoms with Gasteiger partial charge in [0.05, 0.1) is 5.69 Å². The molecule has 2 aliphatic carbocycles. The monoisotopic (exact) mass is 313 g/mol. The van der Waals surface area contributed by atoms with Crippen molar-refractivity contribution >= 4 is 17.3 Å². The first-order chi connectivity index (χ1) is 11.1. The fourth-order valence-electron chi connectivity index (χ4n) is 4.62. The van der Waals surface area contributed by atoms with Gasteiger partial charge in [0.2, 0.25) is 0 Å². The van der Waals surface area contributed by atoms with Gasteiger partial charge in [0.25, 0.3) is 0 Å². The van der Waals surface area contributed by atoms with Gasteiger partial charge in [-0.25, -0.2) is 0 Å². The van der Waals surface area contributed by atoms with Gasteiger partial charge >= 0.3 is 0 Å². The van der Waals surface area contributed by atoms with Crippen molar-refractivity contribution in [2.75, 3.05) is 0 Å². The van der Waals surface area contributed by atoms with Crippen LogP contribution in [-0.2, 0) is 15.1 Å². The standard InChI is InChI=1S/C19H23NO3/c1-12(21)16-17(22)15-9-8-14(13-6-5-7-13)20(15)19(18(16)23)10-3-2-4-11-19/h8-9,13,22H,2-7,10-11H2,1H3. The number of carbonyl (C=O) groups is 2. The third kappa shape index (κ3) is 1.90. The number of fused-ring (bicyclic) bond motifs is 2. The van der Waals surface area contributed by atoms with Gasteiger partial charge in [0.1, 0.15) is 11.1 Å². The van der Waals surface area contributed by atoms with E-state index in [1.165, 1.54) is 19.0 Å². The lowest BCUT2D eigenvalue weighted by Crippen LogP contribution is -2.49. The molecule has 0 atom stereocenters. The molecule has 1 aromatic rings. The second kappa shape index (κ2) is 5.08. The van der Waals surface area contributed by atoms with E-state index >= 15 is 0 Å². The highest BCUT2D eigenvalue weighted by Crippen LogP contribution is 2.48. The van der Waals surface area contributed by atoms with Gasteiger partial charge < -0.3 is 9.67 Å². The first kappa shape index (κ1) is 14.7. The molecule has 1 aromatic heterocycles. The van der Waals surface area contributed by atoms with E-state index in [1.807, 2.05) is 6.07 Å². The van der Waals surface area contributed by atoms with Crippen molar-refractivity contribution in [2.24, 2.45) is 0 Å². The number of aromatic nitrogens is 1. The molecule has 0 saturated heterocycles. The van der Waals surface area contributed by atoms with Crippen LogP contribution in [0.4, 0.5) is 0 Å². The zero-order valence-electron chi connectivity index (χ0n) is 13.6. The zero-order valence-corrected chi connectivity index (χ0v) is 13.6. The maximum atomic E-state index is 13.2. The minimum atomic E-state index is -0.644. The Balaban J connectivity index is 1.96. The van der Waals surface area contributed by atoms with Gasteiger partial charge in [0.15, 0.2) is 17.3 Å². The Kier molecular flexibility index (Phi) is 3.26. The zero-order chi connectivity index (χ0) is 16.2. The normalized spacial score (nSPS) is 23.8. The topological polar surface area (TPSA) is 59.3 Å². The lowest BCUT2D eigenvalue weighted by Gasteiger charge is -2.44. The molecule has 0 bridgehead atoms. The van der Waals surface area contributed by atoms with Crippen LogP contribution in [0.15, 0.2) is 17.7 Å². The molecular weight excluding hydrogens is 290 g/mol. The number of allylic oxidation sites excluding steroid dienone is 1. The maximum Gasteiger partial charge on any atom is 0.196 e. The molecule has 3 aliphatic rings. The van der Waals surface area contributed by atoms with E-state index in [1.54, 1.807) is 0 Å². The largest absolute Gasteiger partial charge is 0.505 e. The lowest BCUT2D eigenvalue weighted by molar-refractivity contribution is -0.128. The molecule has 0 unspecified atom stereocenters. The molecule has 2 saturated carbocycles. The highest BCUT2D eigenvalue weighted by atomic mass is 16.3. The van der Waals surface area contributed by atoms with E-state index in [2.05, 4.69) is 10.6 Å². The lowest BCUT2D eigenvalue weighted by atomic mass is 9.72. The van der Waals surface area contributed by atoms with Crippen molar-refractivity contribution in [3.8, 4) is 0 Å². The quantitative estimate of drug-likeness (QED) is 0.844. The molecule has 4 heteroatoms. The van der Waals surface area contributed by atoms with Crippen molar-refractivity contribution in [1.29, 1.82) is 0 Å². The van der Waals surface area contributed by atoms with E-state index in [4.69, 9.17) is 0 Å². The molecule has 23 heavy (non-hydrogen) atoms. The van der Waals surface area contributed by atoms with Crippen LogP contribution in [0.5, 0.6) is 0 Å². The fourth-order valence-corrected chi connectivity index (χ4v) is 4.62. The summed E-state index contributed by atoms with van der Waals surface area (Å²) in [5.41, 5.74) is 1.21. The summed E-state index contributed by atoms with van der Waals surface area (Å²) in [6.07, 6.45) is 8.21. The molecule has 0 amide bonds. The number of ketones is 2. The molecule has 0 aromatic carbocycles. The Morgan fingerprint density at radius 1 is 1.17 bits per heavy atom. The number of aliphatic hydroxyl groups excluding tert-OH is 1. The number of Topliss-reactive ketones (excluding diaryl/α,β-unsaturated/α-hetero) is 2. The molecule has 122 valence electrons. The number of aliphatic hydroxyl groups is 1. The first-order valence-electron chi connectivity index (χ1n) is 8.78. The van der Waals surface area contributed by atoms with Crippen LogP contribution < -0.4 is 0 Å². The molecule has 4 nitrogen and oxygen atoms in total. The van der Waals surface area contributed by atoms with Crippen LogP contribution in [0.1, 0.15) is 75.6 Å². The van der Waals surface area contributed by atoms with Crippen molar-refractivity contribution in [1.82, 2.24) is 4.57 Å². The van der Waals surface area contributed by atoms with E-state index in [0.29, 0.717) is 11.6 Å². The van der Waals surface area contributed by atoms with Gasteiger partial charge in [-0.2, -0.15) is 0 Å². The van der Waals surface area contributed by atoms with Crippen LogP contribution in [0.3, 0.4) is 0 Å². The number of rotatable bonds is 2. The maximum absolute atomic E-state index is 13.2. The Labute approximate surface area is 136 Å². The Hall–Kier alpha value is -1.84. The molecule has 1 aliphatic heterocycles. The summed E-state index contributed by atoms with van der Waals surface area (Å²) in [6.45, 7) is 1.38. The molecule has 0 radical (unpaired) electrons. The van der Waals surface area contributed by atoms with Crippen LogP contribution in [0, 0.1) is 0 Å². The summed E-state index contributed by atoms with van der Waals surface area (Å²) in [7, 11) is 0. The fraction of sp³-hybridized carbons (Fsp3) is 0.579. The molecule has 4 rings (SSSR count). The summed E-state index contributed by atoms with van der Waals surface area (Å²) < 4.78 is 2.11. The number of carbonyl (C=O) groups excluding carboxylic acids is 2. The highest BCUT2D eigenvalue weighted by Gasteiger charge is 2.50. The van der Waals surface area contributed by atoms with Crippen molar-refractivity contribution in [3.63, 3.8) is 0 Å². The first-order valence-corrected chi connectivity index (χ1v) is 8.78. The van der Waals surface area contributed by atoms with Crippen LogP contribution in [-0.4, -0.2) is 21.2 Å². The van der Waals surface area contributed by atoms with Gasteiger partial charge in [0, 0.05) is 5.69 Å². The van der Waals surface area contributed by atoms with Gasteiger partial charge in [-0.15, -0.1) is 0 Å². The van der Waals surface area contributed by atoms with Crippen LogP contribution >= 0.6 is 0 Å².